The third-order valence-electron chi connectivity index (χ3n) is 4.92. The van der Waals surface area contributed by atoms with Crippen LogP contribution in [0, 0.1) is 6.92 Å². The highest BCUT2D eigenvalue weighted by molar-refractivity contribution is 9.10. The summed E-state index contributed by atoms with van der Waals surface area (Å²) in [6.45, 7) is 2.82. The second kappa shape index (κ2) is 7.13. The second-order valence-corrected chi connectivity index (χ2v) is 8.31. The fraction of sp³-hybridized carbons (Fsp3) is 0.263. The van der Waals surface area contributed by atoms with E-state index >= 15 is 0 Å². The molecule has 4 rings (SSSR count). The summed E-state index contributed by atoms with van der Waals surface area (Å²) >= 11 is 16.3. The maximum absolute atomic E-state index is 13.4. The highest BCUT2D eigenvalue weighted by Gasteiger charge is 2.30. The molecular formula is C19H16BrCl2N3O3. The third-order valence-corrected chi connectivity index (χ3v) is 6.46. The minimum Gasteiger partial charge on any atom is -0.496 e. The molecule has 3 heterocycles. The summed E-state index contributed by atoms with van der Waals surface area (Å²) in [5.74, 6) is 0.193. The smallest absolute Gasteiger partial charge is 0.257 e. The average molecular weight is 485 g/mol. The lowest BCUT2D eigenvalue weighted by Crippen LogP contribution is -2.34. The number of nitrogens with zero attached hydrogens (tertiary/aromatic N) is 2. The molecule has 0 aliphatic carbocycles. The molecule has 1 aliphatic heterocycles. The summed E-state index contributed by atoms with van der Waals surface area (Å²) in [5.41, 5.74) is 1.89. The molecule has 28 heavy (non-hydrogen) atoms. The number of benzene rings is 1. The number of aromatic amines is 1. The standard InChI is InChI=1S/C19H16BrCl2N3O3/c1-9-5-14(28-2)11(18(26)23-9)7-25-4-3-24-8-13(21)10-6-12(20)16(22)15(17(10)24)19(25)27/h5-6,8H,3-4,7H2,1-2H3,(H,23,26). The Morgan fingerprint density at radius 3 is 2.71 bits per heavy atom. The van der Waals surface area contributed by atoms with Gasteiger partial charge in [0.05, 0.1) is 40.3 Å². The van der Waals surface area contributed by atoms with E-state index in [-0.39, 0.29) is 18.0 Å². The molecular weight excluding hydrogens is 469 g/mol. The highest BCUT2D eigenvalue weighted by Crippen LogP contribution is 2.39. The van der Waals surface area contributed by atoms with Gasteiger partial charge >= 0.3 is 0 Å². The number of halogens is 3. The minimum absolute atomic E-state index is 0.112. The van der Waals surface area contributed by atoms with Crippen molar-refractivity contribution in [2.24, 2.45) is 0 Å². The van der Waals surface area contributed by atoms with Crippen LogP contribution in [0.25, 0.3) is 10.9 Å². The number of hydrogen-bond donors (Lipinski definition) is 1. The molecule has 0 saturated heterocycles. The average Bonchev–Trinajstić information content (AvgIpc) is 2.88. The van der Waals surface area contributed by atoms with E-state index in [1.807, 2.05) is 10.6 Å². The number of pyridine rings is 1. The molecule has 0 fully saturated rings. The van der Waals surface area contributed by atoms with Gasteiger partial charge in [-0.15, -0.1) is 0 Å². The topological polar surface area (TPSA) is 67.3 Å². The maximum atomic E-state index is 13.4. The Morgan fingerprint density at radius 1 is 1.25 bits per heavy atom. The summed E-state index contributed by atoms with van der Waals surface area (Å²) in [7, 11) is 1.50. The second-order valence-electron chi connectivity index (χ2n) is 6.67. The molecule has 3 aromatic rings. The largest absolute Gasteiger partial charge is 0.496 e. The van der Waals surface area contributed by atoms with Gasteiger partial charge in [-0.25, -0.2) is 0 Å². The van der Waals surface area contributed by atoms with Gasteiger partial charge in [0.15, 0.2) is 0 Å². The van der Waals surface area contributed by atoms with Crippen molar-refractivity contribution in [1.29, 1.82) is 0 Å². The lowest BCUT2D eigenvalue weighted by molar-refractivity contribution is 0.0744. The number of nitrogens with one attached hydrogen (secondary N) is 1. The first kappa shape index (κ1) is 19.4. The molecule has 6 nitrogen and oxygen atoms in total. The van der Waals surface area contributed by atoms with Crippen LogP contribution in [0.1, 0.15) is 21.6 Å². The van der Waals surface area contributed by atoms with Gasteiger partial charge in [-0.05, 0) is 35.0 Å². The molecule has 0 radical (unpaired) electrons. The van der Waals surface area contributed by atoms with Gasteiger partial charge in [-0.3, -0.25) is 9.59 Å². The van der Waals surface area contributed by atoms with Crippen LogP contribution >= 0.6 is 39.1 Å². The quantitative estimate of drug-likeness (QED) is 0.600. The normalized spacial score (nSPS) is 13.9. The Bertz CT molecular complexity index is 1190. The molecule has 9 heteroatoms. The van der Waals surface area contributed by atoms with E-state index in [1.165, 1.54) is 7.11 Å². The van der Waals surface area contributed by atoms with E-state index in [9.17, 15) is 9.59 Å². The molecule has 1 aliphatic rings. The van der Waals surface area contributed by atoms with Crippen molar-refractivity contribution in [2.75, 3.05) is 13.7 Å². The third kappa shape index (κ3) is 3.02. The van der Waals surface area contributed by atoms with Gasteiger partial charge in [0.2, 0.25) is 0 Å². The van der Waals surface area contributed by atoms with Crippen LogP contribution < -0.4 is 10.3 Å². The van der Waals surface area contributed by atoms with Crippen molar-refractivity contribution in [3.8, 4) is 5.75 Å². The van der Waals surface area contributed by atoms with Gasteiger partial charge in [0.25, 0.3) is 11.5 Å². The van der Waals surface area contributed by atoms with E-state index in [2.05, 4.69) is 20.9 Å². The Labute approximate surface area is 179 Å². The first-order valence-corrected chi connectivity index (χ1v) is 10.1. The van der Waals surface area contributed by atoms with Crippen LogP contribution in [0.5, 0.6) is 5.75 Å². The molecule has 1 N–H and O–H groups in total. The number of amides is 1. The number of ether oxygens (including phenoxy) is 1. The maximum Gasteiger partial charge on any atom is 0.257 e. The molecule has 146 valence electrons. The van der Waals surface area contributed by atoms with E-state index < -0.39 is 0 Å². The van der Waals surface area contributed by atoms with E-state index in [0.29, 0.717) is 55.7 Å². The first-order chi connectivity index (χ1) is 13.3. The fourth-order valence-corrected chi connectivity index (χ4v) is 4.50. The fourth-order valence-electron chi connectivity index (χ4n) is 3.59. The van der Waals surface area contributed by atoms with Gasteiger partial charge in [-0.1, -0.05) is 23.2 Å². The number of aryl methyl sites for hydroxylation is 1. The summed E-state index contributed by atoms with van der Waals surface area (Å²) in [6, 6.07) is 3.56. The van der Waals surface area contributed by atoms with Crippen LogP contribution in [0.15, 0.2) is 27.6 Å². The number of H-pyrrole nitrogens is 1. The molecule has 0 bridgehead atoms. The van der Waals surface area contributed by atoms with Crippen molar-refractivity contribution >= 4 is 55.9 Å². The Hall–Kier alpha value is -1.96. The van der Waals surface area contributed by atoms with Crippen LogP contribution in [-0.4, -0.2) is 34.0 Å². The van der Waals surface area contributed by atoms with Gasteiger partial charge in [0.1, 0.15) is 5.75 Å². The monoisotopic (exact) mass is 483 g/mol. The number of rotatable bonds is 3. The number of aromatic nitrogens is 2. The van der Waals surface area contributed by atoms with Crippen molar-refractivity contribution in [1.82, 2.24) is 14.5 Å². The summed E-state index contributed by atoms with van der Waals surface area (Å²) in [4.78, 5) is 30.3. The van der Waals surface area contributed by atoms with E-state index in [0.717, 1.165) is 5.39 Å². The summed E-state index contributed by atoms with van der Waals surface area (Å²) < 4.78 is 7.89. The van der Waals surface area contributed by atoms with E-state index in [1.54, 1.807) is 24.1 Å². The molecule has 2 aromatic heterocycles. The Morgan fingerprint density at radius 2 is 2.00 bits per heavy atom. The minimum atomic E-state index is -0.276. The molecule has 0 saturated carbocycles. The SMILES string of the molecule is COc1cc(C)[nH]c(=O)c1CN1CCn2cc(Cl)c3cc(Br)c(Cl)c(c32)C1=O. The zero-order valence-corrected chi connectivity index (χ0v) is 18.2. The number of carbonyl (C=O) groups is 1. The predicted octanol–water partition coefficient (Wildman–Crippen LogP) is 4.37. The van der Waals surface area contributed by atoms with Gasteiger partial charge < -0.3 is 19.2 Å². The number of carbonyl (C=O) groups excluding carboxylic acids is 1. The predicted molar refractivity (Wildman–Crippen MR) is 113 cm³/mol. The van der Waals surface area contributed by atoms with Crippen LogP contribution in [0.3, 0.4) is 0 Å². The zero-order valence-electron chi connectivity index (χ0n) is 15.1. The summed E-state index contributed by atoms with van der Waals surface area (Å²) in [6.07, 6.45) is 1.80. The Balaban J connectivity index is 1.84. The highest BCUT2D eigenvalue weighted by atomic mass is 79.9. The Kier molecular flexibility index (Phi) is 4.93. The first-order valence-electron chi connectivity index (χ1n) is 8.54. The van der Waals surface area contributed by atoms with Crippen LogP contribution in [0.4, 0.5) is 0 Å². The zero-order chi connectivity index (χ0) is 20.2. The van der Waals surface area contributed by atoms with Crippen LogP contribution in [-0.2, 0) is 13.1 Å². The molecule has 0 atom stereocenters. The van der Waals surface area contributed by atoms with Crippen molar-refractivity contribution in [2.45, 2.75) is 20.0 Å². The van der Waals surface area contributed by atoms with Crippen molar-refractivity contribution < 1.29 is 9.53 Å². The lowest BCUT2D eigenvalue weighted by atomic mass is 10.1. The molecule has 1 aromatic carbocycles. The summed E-state index contributed by atoms with van der Waals surface area (Å²) in [5, 5.41) is 1.64. The van der Waals surface area contributed by atoms with Gasteiger partial charge in [-0.2, -0.15) is 0 Å². The van der Waals surface area contributed by atoms with E-state index in [4.69, 9.17) is 27.9 Å². The molecule has 0 unspecified atom stereocenters. The van der Waals surface area contributed by atoms with Crippen molar-refractivity contribution in [3.63, 3.8) is 0 Å². The lowest BCUT2D eigenvalue weighted by Gasteiger charge is -2.22. The van der Waals surface area contributed by atoms with Gasteiger partial charge in [0, 0.05) is 34.8 Å². The molecule has 1 amide bonds. The molecule has 0 spiro atoms. The van der Waals surface area contributed by atoms with Crippen LogP contribution in [0.2, 0.25) is 10.0 Å². The number of methoxy groups -OCH3 is 1. The number of hydrogen-bond acceptors (Lipinski definition) is 3. The van der Waals surface area contributed by atoms with Crippen molar-refractivity contribution in [3.05, 3.63) is 60.0 Å².